The van der Waals surface area contributed by atoms with Gasteiger partial charge in [-0.3, -0.25) is 9.78 Å². The zero-order valence-electron chi connectivity index (χ0n) is 18.1. The molecule has 1 saturated carbocycles. The molecule has 2 aliphatic heterocycles. The highest BCUT2D eigenvalue weighted by Gasteiger charge is 2.36. The second kappa shape index (κ2) is 7.96. The van der Waals surface area contributed by atoms with Crippen molar-refractivity contribution in [3.63, 3.8) is 0 Å². The zero-order chi connectivity index (χ0) is 22.7. The van der Waals surface area contributed by atoms with Crippen molar-refractivity contribution < 1.29 is 14.3 Å². The number of Topliss-reactive ketones (excluding diaryl/α,β-unsaturated/α-hetero) is 1. The molecule has 170 valence electrons. The first kappa shape index (κ1) is 20.9. The Hall–Kier alpha value is -2.70. The average molecular weight is 466 g/mol. The Bertz CT molecular complexity index is 1240. The van der Waals surface area contributed by atoms with Crippen LogP contribution in [0.25, 0.3) is 22.0 Å². The van der Waals surface area contributed by atoms with Gasteiger partial charge in [0.2, 0.25) is 0 Å². The number of benzene rings is 2. The van der Waals surface area contributed by atoms with E-state index in [-0.39, 0.29) is 22.8 Å². The van der Waals surface area contributed by atoms with Crippen LogP contribution in [0.3, 0.4) is 0 Å². The van der Waals surface area contributed by atoms with E-state index in [1.54, 1.807) is 12.3 Å². The van der Waals surface area contributed by atoms with Gasteiger partial charge in [0.1, 0.15) is 0 Å². The molecule has 2 bridgehead atoms. The van der Waals surface area contributed by atoms with Crippen molar-refractivity contribution in [2.75, 3.05) is 5.32 Å². The number of nitrogens with zero attached hydrogens (tertiary/aromatic N) is 1. The van der Waals surface area contributed by atoms with E-state index in [1.165, 1.54) is 18.9 Å². The largest absolute Gasteiger partial charge is 0.504 e. The quantitative estimate of drug-likeness (QED) is 0.422. The minimum absolute atomic E-state index is 0.0376. The number of phenols is 1. The third-order valence-corrected chi connectivity index (χ3v) is 7.54. The first-order valence-electron chi connectivity index (χ1n) is 11.6. The van der Waals surface area contributed by atoms with Crippen LogP contribution in [-0.4, -0.2) is 34.0 Å². The second-order valence-corrected chi connectivity index (χ2v) is 10.1. The number of nitrogens with one attached hydrogen (secondary N) is 2. The van der Waals surface area contributed by atoms with Crippen molar-refractivity contribution in [3.8, 4) is 16.9 Å². The number of carbonyl (C=O) groups is 1. The molecule has 5 nitrogen and oxygen atoms in total. The van der Waals surface area contributed by atoms with E-state index in [0.717, 1.165) is 47.8 Å². The van der Waals surface area contributed by atoms with Gasteiger partial charge in [-0.25, -0.2) is 4.39 Å². The first-order chi connectivity index (χ1) is 16.0. The van der Waals surface area contributed by atoms with Crippen LogP contribution in [0.5, 0.6) is 5.75 Å². The van der Waals surface area contributed by atoms with Crippen molar-refractivity contribution in [3.05, 3.63) is 52.9 Å². The first-order valence-corrected chi connectivity index (χ1v) is 12.0. The van der Waals surface area contributed by atoms with Gasteiger partial charge in [-0.15, -0.1) is 0 Å². The van der Waals surface area contributed by atoms with E-state index in [2.05, 4.69) is 15.6 Å². The number of piperidine rings is 1. The van der Waals surface area contributed by atoms with E-state index in [0.29, 0.717) is 23.2 Å². The van der Waals surface area contributed by atoms with Gasteiger partial charge in [0.05, 0.1) is 21.8 Å². The van der Waals surface area contributed by atoms with Gasteiger partial charge in [-0.2, -0.15) is 0 Å². The molecule has 0 spiro atoms. The maximum absolute atomic E-state index is 14.2. The van der Waals surface area contributed by atoms with Crippen LogP contribution in [0, 0.1) is 11.7 Å². The van der Waals surface area contributed by atoms with Crippen LogP contribution in [0.15, 0.2) is 36.5 Å². The number of aromatic hydroxyl groups is 1. The van der Waals surface area contributed by atoms with E-state index in [9.17, 15) is 14.3 Å². The molecule has 33 heavy (non-hydrogen) atoms. The summed E-state index contributed by atoms with van der Waals surface area (Å²) in [4.78, 5) is 17.7. The summed E-state index contributed by atoms with van der Waals surface area (Å²) in [5.41, 5.74) is 3.55. The van der Waals surface area contributed by atoms with Crippen molar-refractivity contribution in [1.82, 2.24) is 10.3 Å². The molecule has 7 heteroatoms. The van der Waals surface area contributed by atoms with Gasteiger partial charge >= 0.3 is 0 Å². The highest BCUT2D eigenvalue weighted by Crippen LogP contribution is 2.40. The third kappa shape index (κ3) is 3.85. The van der Waals surface area contributed by atoms with Gasteiger partial charge in [0, 0.05) is 35.6 Å². The molecule has 3 aliphatic rings. The maximum atomic E-state index is 14.2. The fraction of sp³-hybridized carbons (Fsp3) is 0.385. The Morgan fingerprint density at radius 1 is 1.09 bits per heavy atom. The Balaban J connectivity index is 1.46. The third-order valence-electron chi connectivity index (χ3n) is 7.25. The number of halogens is 2. The molecular weight excluding hydrogens is 441 g/mol. The molecule has 0 radical (unpaired) electrons. The molecule has 3 atom stereocenters. The van der Waals surface area contributed by atoms with Crippen molar-refractivity contribution >= 4 is 34.0 Å². The number of carbonyl (C=O) groups excluding carboxylic acids is 1. The van der Waals surface area contributed by atoms with Crippen LogP contribution < -0.4 is 10.6 Å². The summed E-state index contributed by atoms with van der Waals surface area (Å²) in [6.07, 6.45) is 8.01. The summed E-state index contributed by atoms with van der Waals surface area (Å²) in [5.74, 6) is -1.09. The van der Waals surface area contributed by atoms with Crippen LogP contribution in [0.4, 0.5) is 10.1 Å². The highest BCUT2D eigenvalue weighted by atomic mass is 35.5. The Labute approximate surface area is 196 Å². The number of hydrogen-bond acceptors (Lipinski definition) is 5. The lowest BCUT2D eigenvalue weighted by molar-refractivity contribution is 0.0968. The number of phenolic OH excluding ortho intramolecular Hbond substituents is 1. The smallest absolute Gasteiger partial charge is 0.170 e. The van der Waals surface area contributed by atoms with Gasteiger partial charge < -0.3 is 15.7 Å². The van der Waals surface area contributed by atoms with Crippen molar-refractivity contribution in [2.24, 2.45) is 5.92 Å². The predicted molar refractivity (Wildman–Crippen MR) is 127 cm³/mol. The SMILES string of the molecule is O=C(c1cnc2ccc(-c3cc(F)c(O)c(Cl)c3)cc2c1NC1C[C@H]2CC[C@@H](C1)N2)C1CC1. The monoisotopic (exact) mass is 465 g/mol. The molecular formula is C26H25ClFN3O2. The summed E-state index contributed by atoms with van der Waals surface area (Å²) in [6, 6.07) is 9.82. The minimum Gasteiger partial charge on any atom is -0.504 e. The van der Waals surface area contributed by atoms with Crippen LogP contribution in [0.2, 0.25) is 5.02 Å². The topological polar surface area (TPSA) is 74.2 Å². The van der Waals surface area contributed by atoms with E-state index >= 15 is 0 Å². The predicted octanol–water partition coefficient (Wildman–Crippen LogP) is 5.69. The van der Waals surface area contributed by atoms with Gasteiger partial charge in [-0.05, 0) is 73.9 Å². The fourth-order valence-corrected chi connectivity index (χ4v) is 5.60. The summed E-state index contributed by atoms with van der Waals surface area (Å²) < 4.78 is 14.2. The molecule has 2 aromatic carbocycles. The van der Waals surface area contributed by atoms with E-state index in [4.69, 9.17) is 11.6 Å². The fourth-order valence-electron chi connectivity index (χ4n) is 5.39. The number of anilines is 1. The lowest BCUT2D eigenvalue weighted by atomic mass is 9.96. The number of aromatic nitrogens is 1. The lowest BCUT2D eigenvalue weighted by Crippen LogP contribution is -2.43. The zero-order valence-corrected chi connectivity index (χ0v) is 18.8. The molecule has 1 unspecified atom stereocenters. The van der Waals surface area contributed by atoms with Crippen LogP contribution in [-0.2, 0) is 0 Å². The van der Waals surface area contributed by atoms with Crippen molar-refractivity contribution in [1.29, 1.82) is 0 Å². The average Bonchev–Trinajstić information content (AvgIpc) is 3.61. The molecule has 6 rings (SSSR count). The molecule has 3 aromatic rings. The standard InChI is InChI=1S/C26H25ClFN3O2/c27-21-8-15(9-22(28)26(21)33)14-3-6-23-19(7-14)24(20(12-29-23)25(32)13-1-2-13)31-18-10-16-4-5-17(11-18)30-16/h3,6-9,12-13,16-18,30,33H,1-2,4-5,10-11H2,(H,29,31)/t16-,17+,18?. The number of hydrogen-bond donors (Lipinski definition) is 3. The molecule has 3 heterocycles. The molecule has 2 saturated heterocycles. The highest BCUT2D eigenvalue weighted by molar-refractivity contribution is 6.32. The minimum atomic E-state index is -0.767. The number of fused-ring (bicyclic) bond motifs is 3. The van der Waals surface area contributed by atoms with Crippen LogP contribution >= 0.6 is 11.6 Å². The Morgan fingerprint density at radius 3 is 2.55 bits per heavy atom. The molecule has 3 N–H and O–H groups in total. The summed E-state index contributed by atoms with van der Waals surface area (Å²) in [6.45, 7) is 0. The normalized spacial score (nSPS) is 24.2. The van der Waals surface area contributed by atoms with Gasteiger partial charge in [0.25, 0.3) is 0 Å². The Morgan fingerprint density at radius 2 is 1.85 bits per heavy atom. The number of ketones is 1. The van der Waals surface area contributed by atoms with E-state index in [1.807, 2.05) is 18.2 Å². The molecule has 1 aliphatic carbocycles. The van der Waals surface area contributed by atoms with Crippen LogP contribution in [0.1, 0.15) is 48.9 Å². The van der Waals surface area contributed by atoms with Gasteiger partial charge in [-0.1, -0.05) is 17.7 Å². The van der Waals surface area contributed by atoms with Gasteiger partial charge in [0.15, 0.2) is 17.3 Å². The second-order valence-electron chi connectivity index (χ2n) is 9.66. The Kier molecular flexibility index (Phi) is 5.03. The van der Waals surface area contributed by atoms with E-state index < -0.39 is 11.6 Å². The summed E-state index contributed by atoms with van der Waals surface area (Å²) >= 11 is 6.02. The molecule has 3 fully saturated rings. The molecule has 0 amide bonds. The molecule has 1 aromatic heterocycles. The number of pyridine rings is 1. The maximum Gasteiger partial charge on any atom is 0.170 e. The number of rotatable bonds is 5. The van der Waals surface area contributed by atoms with Crippen molar-refractivity contribution in [2.45, 2.75) is 56.7 Å². The summed E-state index contributed by atoms with van der Waals surface area (Å²) in [7, 11) is 0. The summed E-state index contributed by atoms with van der Waals surface area (Å²) in [5, 5.41) is 17.9. The lowest BCUT2D eigenvalue weighted by Gasteiger charge is -2.31.